The Morgan fingerprint density at radius 3 is 2.83 bits per heavy atom. The van der Waals surface area contributed by atoms with Crippen molar-refractivity contribution in [1.29, 1.82) is 0 Å². The molecule has 0 spiro atoms. The van der Waals surface area contributed by atoms with Crippen LogP contribution in [0.4, 0.5) is 0 Å². The van der Waals surface area contributed by atoms with Crippen LogP contribution in [0.25, 0.3) is 0 Å². The molecule has 3 heterocycles. The van der Waals surface area contributed by atoms with Crippen LogP contribution < -0.4 is 4.74 Å². The maximum absolute atomic E-state index is 6.28. The second-order valence-electron chi connectivity index (χ2n) is 6.95. The van der Waals surface area contributed by atoms with E-state index in [1.807, 2.05) is 0 Å². The standard InChI is InChI=1S/C18H25ClN2O2/c19-17-9-15-2-6-23-18(15)16(10-17)13-21-3-1-14(12-21)11-20-4-7-22-8-5-20/h9-10,14H,1-8,11-13H2/t14-/m0/s1. The lowest BCUT2D eigenvalue weighted by molar-refractivity contribution is 0.0311. The number of hydrogen-bond acceptors (Lipinski definition) is 4. The molecule has 2 fully saturated rings. The number of fused-ring (bicyclic) bond motifs is 1. The second kappa shape index (κ2) is 6.98. The minimum absolute atomic E-state index is 0.779. The van der Waals surface area contributed by atoms with E-state index in [-0.39, 0.29) is 0 Å². The fourth-order valence-corrected chi connectivity index (χ4v) is 4.32. The Bertz CT molecular complexity index is 560. The van der Waals surface area contributed by atoms with Crippen molar-refractivity contribution >= 4 is 11.6 Å². The zero-order chi connectivity index (χ0) is 15.6. The van der Waals surface area contributed by atoms with Gasteiger partial charge in [-0.15, -0.1) is 0 Å². The third-order valence-electron chi connectivity index (χ3n) is 5.21. The minimum atomic E-state index is 0.779. The minimum Gasteiger partial charge on any atom is -0.493 e. The second-order valence-corrected chi connectivity index (χ2v) is 7.39. The van der Waals surface area contributed by atoms with Crippen molar-refractivity contribution < 1.29 is 9.47 Å². The van der Waals surface area contributed by atoms with Gasteiger partial charge in [-0.3, -0.25) is 9.80 Å². The molecule has 0 unspecified atom stereocenters. The maximum Gasteiger partial charge on any atom is 0.127 e. The lowest BCUT2D eigenvalue weighted by Crippen LogP contribution is -2.39. The van der Waals surface area contributed by atoms with Crippen LogP contribution >= 0.6 is 11.6 Å². The molecule has 1 aromatic carbocycles. The highest BCUT2D eigenvalue weighted by molar-refractivity contribution is 6.30. The summed E-state index contributed by atoms with van der Waals surface area (Å²) in [5.41, 5.74) is 2.54. The van der Waals surface area contributed by atoms with E-state index in [2.05, 4.69) is 21.9 Å². The van der Waals surface area contributed by atoms with E-state index >= 15 is 0 Å². The number of benzene rings is 1. The number of nitrogens with zero attached hydrogens (tertiary/aromatic N) is 2. The Morgan fingerprint density at radius 1 is 1.09 bits per heavy atom. The lowest BCUT2D eigenvalue weighted by Gasteiger charge is -2.29. The summed E-state index contributed by atoms with van der Waals surface area (Å²) in [7, 11) is 0. The van der Waals surface area contributed by atoms with Gasteiger partial charge in [0.15, 0.2) is 0 Å². The molecule has 0 amide bonds. The molecule has 0 radical (unpaired) electrons. The van der Waals surface area contributed by atoms with Gasteiger partial charge in [-0.05, 0) is 36.6 Å². The summed E-state index contributed by atoms with van der Waals surface area (Å²) in [4.78, 5) is 5.11. The van der Waals surface area contributed by atoms with E-state index < -0.39 is 0 Å². The molecule has 5 heteroatoms. The predicted octanol–water partition coefficient (Wildman–Crippen LogP) is 2.43. The first-order valence-corrected chi connectivity index (χ1v) is 9.12. The van der Waals surface area contributed by atoms with E-state index in [1.54, 1.807) is 0 Å². The maximum atomic E-state index is 6.28. The van der Waals surface area contributed by atoms with Gasteiger partial charge in [0.05, 0.1) is 19.8 Å². The highest BCUT2D eigenvalue weighted by Gasteiger charge is 2.27. The largest absolute Gasteiger partial charge is 0.493 e. The Labute approximate surface area is 143 Å². The zero-order valence-corrected chi connectivity index (χ0v) is 14.4. The third kappa shape index (κ3) is 3.66. The normalized spacial score (nSPS) is 25.5. The molecule has 0 bridgehead atoms. The zero-order valence-electron chi connectivity index (χ0n) is 13.6. The molecule has 0 aliphatic carbocycles. The van der Waals surface area contributed by atoms with Crippen LogP contribution in [-0.2, 0) is 17.7 Å². The molecule has 2 saturated heterocycles. The molecule has 4 nitrogen and oxygen atoms in total. The topological polar surface area (TPSA) is 24.9 Å². The van der Waals surface area contributed by atoms with Crippen LogP contribution in [0.15, 0.2) is 12.1 Å². The van der Waals surface area contributed by atoms with Gasteiger partial charge in [-0.25, -0.2) is 0 Å². The molecule has 0 N–H and O–H groups in total. The fourth-order valence-electron chi connectivity index (χ4n) is 4.06. The number of morpholine rings is 1. The Morgan fingerprint density at radius 2 is 1.96 bits per heavy atom. The first-order chi connectivity index (χ1) is 11.3. The van der Waals surface area contributed by atoms with Gasteiger partial charge in [-0.1, -0.05) is 11.6 Å². The van der Waals surface area contributed by atoms with Gasteiger partial charge in [-0.2, -0.15) is 0 Å². The van der Waals surface area contributed by atoms with E-state index in [4.69, 9.17) is 21.1 Å². The number of rotatable bonds is 4. The van der Waals surface area contributed by atoms with Crippen molar-refractivity contribution in [2.45, 2.75) is 19.4 Å². The summed E-state index contributed by atoms with van der Waals surface area (Å²) >= 11 is 6.28. The number of hydrogen-bond donors (Lipinski definition) is 0. The van der Waals surface area contributed by atoms with Crippen LogP contribution in [-0.4, -0.2) is 62.3 Å². The van der Waals surface area contributed by atoms with Crippen LogP contribution in [0.3, 0.4) is 0 Å². The van der Waals surface area contributed by atoms with Crippen molar-refractivity contribution in [3.8, 4) is 5.75 Å². The molecule has 126 valence electrons. The summed E-state index contributed by atoms with van der Waals surface area (Å²) in [6.07, 6.45) is 2.28. The molecule has 23 heavy (non-hydrogen) atoms. The summed E-state index contributed by atoms with van der Waals surface area (Å²) in [6.45, 7) is 9.28. The van der Waals surface area contributed by atoms with E-state index in [9.17, 15) is 0 Å². The fraction of sp³-hybridized carbons (Fsp3) is 0.667. The van der Waals surface area contributed by atoms with Gasteiger partial charge in [0.1, 0.15) is 5.75 Å². The van der Waals surface area contributed by atoms with E-state index in [0.29, 0.717) is 0 Å². The summed E-state index contributed by atoms with van der Waals surface area (Å²) in [5, 5.41) is 0.841. The van der Waals surface area contributed by atoms with Crippen molar-refractivity contribution in [2.75, 3.05) is 52.5 Å². The highest BCUT2D eigenvalue weighted by Crippen LogP contribution is 2.34. The number of halogens is 1. The Balaban J connectivity index is 1.35. The van der Waals surface area contributed by atoms with E-state index in [0.717, 1.165) is 62.6 Å². The highest BCUT2D eigenvalue weighted by atomic mass is 35.5. The monoisotopic (exact) mass is 336 g/mol. The van der Waals surface area contributed by atoms with Gasteiger partial charge >= 0.3 is 0 Å². The average molecular weight is 337 g/mol. The molecule has 3 aliphatic heterocycles. The summed E-state index contributed by atoms with van der Waals surface area (Å²) < 4.78 is 11.3. The Kier molecular flexibility index (Phi) is 4.76. The number of likely N-dealkylation sites (tertiary alicyclic amines) is 1. The van der Waals surface area contributed by atoms with Gasteiger partial charge in [0.25, 0.3) is 0 Å². The first kappa shape index (κ1) is 15.7. The molecule has 3 aliphatic rings. The molecule has 0 saturated carbocycles. The third-order valence-corrected chi connectivity index (χ3v) is 5.43. The van der Waals surface area contributed by atoms with Crippen LogP contribution in [0, 0.1) is 5.92 Å². The van der Waals surface area contributed by atoms with Crippen molar-refractivity contribution in [2.24, 2.45) is 5.92 Å². The van der Waals surface area contributed by atoms with Crippen molar-refractivity contribution in [3.63, 3.8) is 0 Å². The van der Waals surface area contributed by atoms with E-state index in [1.165, 1.54) is 37.2 Å². The summed E-state index contributed by atoms with van der Waals surface area (Å²) in [5.74, 6) is 1.87. The van der Waals surface area contributed by atoms with Gasteiger partial charge < -0.3 is 9.47 Å². The van der Waals surface area contributed by atoms with Crippen molar-refractivity contribution in [1.82, 2.24) is 9.80 Å². The molecule has 0 aromatic heterocycles. The quantitative estimate of drug-likeness (QED) is 0.843. The molecule has 1 aromatic rings. The molecular weight excluding hydrogens is 312 g/mol. The summed E-state index contributed by atoms with van der Waals surface area (Å²) in [6, 6.07) is 4.14. The smallest absolute Gasteiger partial charge is 0.127 e. The Hall–Kier alpha value is -0.810. The van der Waals surface area contributed by atoms with Gasteiger partial charge in [0.2, 0.25) is 0 Å². The average Bonchev–Trinajstić information content (AvgIpc) is 3.17. The van der Waals surface area contributed by atoms with Gasteiger partial charge in [0, 0.05) is 49.7 Å². The van der Waals surface area contributed by atoms with Crippen LogP contribution in [0.2, 0.25) is 5.02 Å². The van der Waals surface area contributed by atoms with Crippen LogP contribution in [0.1, 0.15) is 17.5 Å². The molecule has 1 atom stereocenters. The van der Waals surface area contributed by atoms with Crippen molar-refractivity contribution in [3.05, 3.63) is 28.3 Å². The molecule has 4 rings (SSSR count). The van der Waals surface area contributed by atoms with Crippen LogP contribution in [0.5, 0.6) is 5.75 Å². The number of ether oxygens (including phenoxy) is 2. The SMILES string of the molecule is Clc1cc2c(c(CN3CC[C@@H](CN4CCOCC4)C3)c1)OCC2. The first-order valence-electron chi connectivity index (χ1n) is 8.74. The predicted molar refractivity (Wildman–Crippen MR) is 91.3 cm³/mol. The lowest BCUT2D eigenvalue weighted by atomic mass is 10.1. The molecular formula is C18H25ClN2O2.